The number of H-pyrrole nitrogens is 1. The molecule has 1 amide bonds. The summed E-state index contributed by atoms with van der Waals surface area (Å²) in [6.45, 7) is 1.83. The van der Waals surface area contributed by atoms with Crippen molar-refractivity contribution < 1.29 is 9.90 Å². The standard InChI is InChI=1S/C14H15N5O2/c1-7(5-20)18-13-11-9-4-8(12(15)21)2-3-10(9)19-14(11)17-6-16-13/h2-4,6-7,20H,5H2,1H3,(H2,15,21)(H2,16,17,18,19). The molecule has 3 aromatic rings. The number of benzene rings is 1. The van der Waals surface area contributed by atoms with Crippen molar-refractivity contribution in [3.05, 3.63) is 30.1 Å². The number of nitrogens with zero attached hydrogens (tertiary/aromatic N) is 2. The van der Waals surface area contributed by atoms with Crippen molar-refractivity contribution in [2.24, 2.45) is 5.73 Å². The van der Waals surface area contributed by atoms with Crippen LogP contribution in [0.4, 0.5) is 5.82 Å². The third-order valence-corrected chi connectivity index (χ3v) is 3.33. The average Bonchev–Trinajstić information content (AvgIpc) is 2.85. The van der Waals surface area contributed by atoms with Crippen LogP contribution in [0.15, 0.2) is 24.5 Å². The molecule has 0 bridgehead atoms. The number of carbonyl (C=O) groups is 1. The van der Waals surface area contributed by atoms with Crippen LogP contribution in [0, 0.1) is 0 Å². The first-order valence-corrected chi connectivity index (χ1v) is 6.53. The fraction of sp³-hybridized carbons (Fsp3) is 0.214. The molecule has 1 aromatic carbocycles. The van der Waals surface area contributed by atoms with Gasteiger partial charge in [0.05, 0.1) is 12.0 Å². The minimum absolute atomic E-state index is 0.0135. The van der Waals surface area contributed by atoms with E-state index in [9.17, 15) is 9.90 Å². The fourth-order valence-corrected chi connectivity index (χ4v) is 2.26. The van der Waals surface area contributed by atoms with Crippen molar-refractivity contribution >= 4 is 33.7 Å². The van der Waals surface area contributed by atoms with E-state index in [0.29, 0.717) is 17.0 Å². The monoisotopic (exact) mass is 285 g/mol. The minimum atomic E-state index is -0.485. The van der Waals surface area contributed by atoms with Crippen molar-refractivity contribution in [2.75, 3.05) is 11.9 Å². The summed E-state index contributed by atoms with van der Waals surface area (Å²) >= 11 is 0. The van der Waals surface area contributed by atoms with E-state index in [0.717, 1.165) is 16.3 Å². The van der Waals surface area contributed by atoms with E-state index in [4.69, 9.17) is 5.73 Å². The number of aliphatic hydroxyl groups is 1. The van der Waals surface area contributed by atoms with E-state index >= 15 is 0 Å². The lowest BCUT2D eigenvalue weighted by Gasteiger charge is -2.11. The van der Waals surface area contributed by atoms with E-state index < -0.39 is 5.91 Å². The van der Waals surface area contributed by atoms with Crippen molar-refractivity contribution in [2.45, 2.75) is 13.0 Å². The number of aliphatic hydroxyl groups excluding tert-OH is 1. The third kappa shape index (κ3) is 2.27. The Morgan fingerprint density at radius 1 is 1.48 bits per heavy atom. The zero-order valence-electron chi connectivity index (χ0n) is 11.4. The van der Waals surface area contributed by atoms with E-state index in [1.165, 1.54) is 6.33 Å². The number of primary amides is 1. The van der Waals surface area contributed by atoms with Crippen molar-refractivity contribution in [1.29, 1.82) is 0 Å². The van der Waals surface area contributed by atoms with Crippen molar-refractivity contribution in [3.8, 4) is 0 Å². The smallest absolute Gasteiger partial charge is 0.248 e. The van der Waals surface area contributed by atoms with Gasteiger partial charge in [-0.05, 0) is 25.1 Å². The summed E-state index contributed by atoms with van der Waals surface area (Å²) in [5.74, 6) is 0.121. The molecule has 5 N–H and O–H groups in total. The molecule has 0 fully saturated rings. The van der Waals surface area contributed by atoms with Gasteiger partial charge in [0, 0.05) is 22.5 Å². The maximum Gasteiger partial charge on any atom is 0.248 e. The molecule has 0 spiro atoms. The Kier molecular flexibility index (Phi) is 3.19. The number of nitrogens with two attached hydrogens (primary N) is 1. The predicted molar refractivity (Wildman–Crippen MR) is 80.1 cm³/mol. The Bertz CT molecular complexity index is 827. The highest BCUT2D eigenvalue weighted by molar-refractivity contribution is 6.13. The first-order valence-electron chi connectivity index (χ1n) is 6.53. The summed E-state index contributed by atoms with van der Waals surface area (Å²) in [4.78, 5) is 22.9. The van der Waals surface area contributed by atoms with Gasteiger partial charge in [-0.25, -0.2) is 9.97 Å². The normalized spacial score (nSPS) is 12.7. The number of hydrogen-bond donors (Lipinski definition) is 4. The molecular formula is C14H15N5O2. The molecule has 0 aliphatic carbocycles. The highest BCUT2D eigenvalue weighted by atomic mass is 16.3. The SMILES string of the molecule is CC(CO)Nc1ncnc2[nH]c3ccc(C(N)=O)cc3c12. The van der Waals surface area contributed by atoms with Crippen LogP contribution < -0.4 is 11.1 Å². The molecule has 3 rings (SSSR count). The Morgan fingerprint density at radius 2 is 2.29 bits per heavy atom. The van der Waals surface area contributed by atoms with Gasteiger partial charge in [0.2, 0.25) is 5.91 Å². The van der Waals surface area contributed by atoms with Crippen LogP contribution in [-0.2, 0) is 0 Å². The first-order chi connectivity index (χ1) is 10.1. The van der Waals surface area contributed by atoms with E-state index in [1.807, 2.05) is 6.92 Å². The molecule has 0 radical (unpaired) electrons. The van der Waals surface area contributed by atoms with Gasteiger partial charge in [-0.2, -0.15) is 0 Å². The molecule has 7 heteroatoms. The van der Waals surface area contributed by atoms with E-state index in [-0.39, 0.29) is 12.6 Å². The summed E-state index contributed by atoms with van der Waals surface area (Å²) in [5.41, 5.74) is 7.26. The lowest BCUT2D eigenvalue weighted by Crippen LogP contribution is -2.20. The van der Waals surface area contributed by atoms with Crippen molar-refractivity contribution in [1.82, 2.24) is 15.0 Å². The summed E-state index contributed by atoms with van der Waals surface area (Å²) in [5, 5.41) is 13.9. The van der Waals surface area contributed by atoms with Crippen LogP contribution in [0.3, 0.4) is 0 Å². The van der Waals surface area contributed by atoms with Crippen molar-refractivity contribution in [3.63, 3.8) is 0 Å². The maximum atomic E-state index is 11.3. The number of amides is 1. The third-order valence-electron chi connectivity index (χ3n) is 3.33. The lowest BCUT2D eigenvalue weighted by molar-refractivity contribution is 0.100. The largest absolute Gasteiger partial charge is 0.394 e. The molecule has 108 valence electrons. The molecule has 1 atom stereocenters. The highest BCUT2D eigenvalue weighted by Crippen LogP contribution is 2.29. The molecule has 0 saturated heterocycles. The Labute approximate surface area is 120 Å². The maximum absolute atomic E-state index is 11.3. The molecule has 0 saturated carbocycles. The van der Waals surface area contributed by atoms with Crippen LogP contribution in [0.5, 0.6) is 0 Å². The predicted octanol–water partition coefficient (Wildman–Crippen LogP) is 1.00. The van der Waals surface area contributed by atoms with E-state index in [2.05, 4.69) is 20.3 Å². The van der Waals surface area contributed by atoms with Gasteiger partial charge in [0.15, 0.2) is 0 Å². The number of hydrogen-bond acceptors (Lipinski definition) is 5. The number of aromatic nitrogens is 3. The first kappa shape index (κ1) is 13.3. The summed E-state index contributed by atoms with van der Waals surface area (Å²) < 4.78 is 0. The number of aromatic amines is 1. The quantitative estimate of drug-likeness (QED) is 0.570. The summed E-state index contributed by atoms with van der Waals surface area (Å²) in [6.07, 6.45) is 1.44. The Morgan fingerprint density at radius 3 is 3.00 bits per heavy atom. The molecule has 0 aliphatic heterocycles. The molecule has 1 unspecified atom stereocenters. The number of fused-ring (bicyclic) bond motifs is 3. The molecule has 0 aliphatic rings. The van der Waals surface area contributed by atoms with Gasteiger partial charge in [0.25, 0.3) is 0 Å². The molecule has 2 heterocycles. The van der Waals surface area contributed by atoms with Crippen LogP contribution >= 0.6 is 0 Å². The van der Waals surface area contributed by atoms with Gasteiger partial charge in [-0.15, -0.1) is 0 Å². The van der Waals surface area contributed by atoms with Gasteiger partial charge in [-0.3, -0.25) is 4.79 Å². The van der Waals surface area contributed by atoms with Gasteiger partial charge in [0.1, 0.15) is 17.8 Å². The number of carbonyl (C=O) groups excluding carboxylic acids is 1. The topological polar surface area (TPSA) is 117 Å². The number of anilines is 1. The fourth-order valence-electron chi connectivity index (χ4n) is 2.26. The Balaban J connectivity index is 2.26. The summed E-state index contributed by atoms with van der Waals surface area (Å²) in [7, 11) is 0. The zero-order valence-corrected chi connectivity index (χ0v) is 11.4. The molecule has 2 aromatic heterocycles. The average molecular weight is 285 g/mol. The molecule has 7 nitrogen and oxygen atoms in total. The van der Waals surface area contributed by atoms with E-state index in [1.54, 1.807) is 18.2 Å². The van der Waals surface area contributed by atoms with Gasteiger partial charge in [-0.1, -0.05) is 0 Å². The lowest BCUT2D eigenvalue weighted by atomic mass is 10.1. The van der Waals surface area contributed by atoms with Crippen LogP contribution in [0.1, 0.15) is 17.3 Å². The van der Waals surface area contributed by atoms with Gasteiger partial charge < -0.3 is 21.1 Å². The Hall–Kier alpha value is -2.67. The summed E-state index contributed by atoms with van der Waals surface area (Å²) in [6, 6.07) is 5.02. The van der Waals surface area contributed by atoms with Crippen LogP contribution in [0.2, 0.25) is 0 Å². The van der Waals surface area contributed by atoms with Gasteiger partial charge >= 0.3 is 0 Å². The molecule has 21 heavy (non-hydrogen) atoms. The van der Waals surface area contributed by atoms with Crippen LogP contribution in [0.25, 0.3) is 21.9 Å². The highest BCUT2D eigenvalue weighted by Gasteiger charge is 2.14. The number of rotatable bonds is 4. The molecular weight excluding hydrogens is 270 g/mol. The number of nitrogens with one attached hydrogen (secondary N) is 2. The second kappa shape index (κ2) is 5.02. The second-order valence-corrected chi connectivity index (χ2v) is 4.92. The zero-order chi connectivity index (χ0) is 15.0. The minimum Gasteiger partial charge on any atom is -0.394 e. The van der Waals surface area contributed by atoms with Crippen LogP contribution in [-0.4, -0.2) is 38.6 Å². The second-order valence-electron chi connectivity index (χ2n) is 4.92.